The van der Waals surface area contributed by atoms with Gasteiger partial charge in [-0.15, -0.1) is 10.2 Å². The average molecular weight is 263 g/mol. The summed E-state index contributed by atoms with van der Waals surface area (Å²) in [6, 6.07) is 8.18. The van der Waals surface area contributed by atoms with Crippen LogP contribution >= 0.6 is 11.3 Å². The molecule has 0 spiro atoms. The number of carbonyl (C=O) groups is 1. The van der Waals surface area contributed by atoms with E-state index >= 15 is 0 Å². The van der Waals surface area contributed by atoms with E-state index in [1.165, 1.54) is 16.9 Å². The number of benzene rings is 1. The number of aryl methyl sites for hydroxylation is 1. The van der Waals surface area contributed by atoms with Gasteiger partial charge in [-0.1, -0.05) is 41.2 Å². The number of hydrogen-bond acceptors (Lipinski definition) is 5. The Labute approximate surface area is 109 Å². The van der Waals surface area contributed by atoms with Gasteiger partial charge in [0.2, 0.25) is 5.13 Å². The van der Waals surface area contributed by atoms with E-state index in [0.29, 0.717) is 11.6 Å². The molecule has 2 rings (SSSR count). The van der Waals surface area contributed by atoms with Gasteiger partial charge in [-0.2, -0.15) is 0 Å². The molecule has 0 fully saturated rings. The lowest BCUT2D eigenvalue weighted by Gasteiger charge is -1.98. The summed E-state index contributed by atoms with van der Waals surface area (Å²) in [7, 11) is 0. The Morgan fingerprint density at radius 1 is 1.33 bits per heavy atom. The topological polar surface area (TPSA) is 75.1 Å². The van der Waals surface area contributed by atoms with Crippen molar-refractivity contribution in [2.24, 2.45) is 0 Å². The predicted octanol–water partition coefficient (Wildman–Crippen LogP) is 1.37. The van der Waals surface area contributed by atoms with E-state index in [9.17, 15) is 4.79 Å². The third-order valence-electron chi connectivity index (χ3n) is 2.33. The number of rotatable bonds is 4. The van der Waals surface area contributed by atoms with E-state index in [1.54, 1.807) is 0 Å². The van der Waals surface area contributed by atoms with Gasteiger partial charge in [0.1, 0.15) is 11.6 Å². The van der Waals surface area contributed by atoms with Crippen LogP contribution < -0.4 is 5.32 Å². The number of amides is 1. The van der Waals surface area contributed by atoms with Crippen molar-refractivity contribution in [3.8, 4) is 0 Å². The molecule has 1 heterocycles. The minimum absolute atomic E-state index is 0.413. The molecule has 2 N–H and O–H groups in total. The number of aromatic nitrogens is 2. The first-order chi connectivity index (χ1) is 8.67. The molecule has 1 amide bonds. The molecule has 6 heteroatoms. The van der Waals surface area contributed by atoms with Crippen molar-refractivity contribution in [2.45, 2.75) is 13.3 Å². The van der Waals surface area contributed by atoms with E-state index in [4.69, 9.17) is 5.11 Å². The van der Waals surface area contributed by atoms with Crippen LogP contribution in [0.3, 0.4) is 0 Å². The molecular formula is C12H13N3O2S. The summed E-state index contributed by atoms with van der Waals surface area (Å²) >= 11 is 1.31. The van der Waals surface area contributed by atoms with Crippen molar-refractivity contribution >= 4 is 22.4 Å². The lowest BCUT2D eigenvalue weighted by atomic mass is 10.1. The molecule has 18 heavy (non-hydrogen) atoms. The normalized spacial score (nSPS) is 10.3. The Morgan fingerprint density at radius 3 is 2.72 bits per heavy atom. The molecule has 94 valence electrons. The second-order valence-corrected chi connectivity index (χ2v) is 4.93. The van der Waals surface area contributed by atoms with Gasteiger partial charge >= 0.3 is 0 Å². The van der Waals surface area contributed by atoms with Gasteiger partial charge in [0, 0.05) is 6.42 Å². The predicted molar refractivity (Wildman–Crippen MR) is 69.6 cm³/mol. The van der Waals surface area contributed by atoms with Crippen molar-refractivity contribution in [2.75, 3.05) is 11.9 Å². The van der Waals surface area contributed by atoms with Crippen LogP contribution in [0.15, 0.2) is 24.3 Å². The highest BCUT2D eigenvalue weighted by Crippen LogP contribution is 2.18. The molecule has 0 aliphatic carbocycles. The fraction of sp³-hybridized carbons (Fsp3) is 0.250. The highest BCUT2D eigenvalue weighted by atomic mass is 32.1. The van der Waals surface area contributed by atoms with Gasteiger partial charge in [0.25, 0.3) is 5.91 Å². The zero-order valence-electron chi connectivity index (χ0n) is 9.88. The number of hydrogen-bond donors (Lipinski definition) is 2. The van der Waals surface area contributed by atoms with Crippen LogP contribution in [0.2, 0.25) is 0 Å². The highest BCUT2D eigenvalue weighted by Gasteiger charge is 2.07. The van der Waals surface area contributed by atoms with Crippen LogP contribution in [-0.4, -0.2) is 27.8 Å². The summed E-state index contributed by atoms with van der Waals surface area (Å²) in [5.41, 5.74) is 2.36. The lowest BCUT2D eigenvalue weighted by Crippen LogP contribution is -2.15. The summed E-state index contributed by atoms with van der Waals surface area (Å²) in [4.78, 5) is 11.0. The smallest absolute Gasteiger partial charge is 0.251 e. The SMILES string of the molecule is Cc1ccc(Cc2nnc(NC(=O)CO)s2)cc1. The molecule has 0 saturated heterocycles. The molecule has 0 bridgehead atoms. The summed E-state index contributed by atoms with van der Waals surface area (Å²) in [5, 5.41) is 20.1. The van der Waals surface area contributed by atoms with Gasteiger partial charge in [-0.3, -0.25) is 10.1 Å². The van der Waals surface area contributed by atoms with Crippen LogP contribution in [-0.2, 0) is 11.2 Å². The van der Waals surface area contributed by atoms with E-state index in [1.807, 2.05) is 31.2 Å². The Balaban J connectivity index is 2.02. The lowest BCUT2D eigenvalue weighted by molar-refractivity contribution is -0.118. The van der Waals surface area contributed by atoms with Gasteiger partial charge in [0.05, 0.1) is 0 Å². The Morgan fingerprint density at radius 2 is 2.06 bits per heavy atom. The molecule has 0 radical (unpaired) electrons. The van der Waals surface area contributed by atoms with Gasteiger partial charge in [0.15, 0.2) is 0 Å². The first kappa shape index (κ1) is 12.7. The monoisotopic (exact) mass is 263 g/mol. The zero-order valence-corrected chi connectivity index (χ0v) is 10.7. The van der Waals surface area contributed by atoms with E-state index in [-0.39, 0.29) is 0 Å². The number of nitrogens with zero attached hydrogens (tertiary/aromatic N) is 2. The second kappa shape index (κ2) is 5.70. The molecule has 0 aliphatic rings. The van der Waals surface area contributed by atoms with E-state index in [0.717, 1.165) is 10.6 Å². The maximum absolute atomic E-state index is 11.0. The first-order valence-corrected chi connectivity index (χ1v) is 6.27. The second-order valence-electron chi connectivity index (χ2n) is 3.87. The van der Waals surface area contributed by atoms with Gasteiger partial charge in [-0.25, -0.2) is 0 Å². The number of anilines is 1. The number of aliphatic hydroxyl groups is 1. The average Bonchev–Trinajstić information content (AvgIpc) is 2.79. The summed E-state index contributed by atoms with van der Waals surface area (Å²) in [6.45, 7) is 1.49. The number of nitrogens with one attached hydrogen (secondary N) is 1. The van der Waals surface area contributed by atoms with Crippen LogP contribution in [0, 0.1) is 6.92 Å². The molecule has 5 nitrogen and oxygen atoms in total. The van der Waals surface area contributed by atoms with Crippen LogP contribution in [0.1, 0.15) is 16.1 Å². The molecule has 2 aromatic rings. The third kappa shape index (κ3) is 3.35. The molecular weight excluding hydrogens is 250 g/mol. The van der Waals surface area contributed by atoms with E-state index in [2.05, 4.69) is 15.5 Å². The first-order valence-electron chi connectivity index (χ1n) is 5.46. The van der Waals surface area contributed by atoms with Crippen molar-refractivity contribution < 1.29 is 9.90 Å². The maximum atomic E-state index is 11.0. The Bertz CT molecular complexity index is 537. The number of carbonyl (C=O) groups excluding carboxylic acids is 1. The minimum Gasteiger partial charge on any atom is -0.387 e. The molecule has 0 atom stereocenters. The third-order valence-corrected chi connectivity index (χ3v) is 3.17. The van der Waals surface area contributed by atoms with Crippen molar-refractivity contribution in [3.63, 3.8) is 0 Å². The van der Waals surface area contributed by atoms with Crippen molar-refractivity contribution in [1.29, 1.82) is 0 Å². The van der Waals surface area contributed by atoms with Crippen LogP contribution in [0.4, 0.5) is 5.13 Å². The summed E-state index contributed by atoms with van der Waals surface area (Å²) < 4.78 is 0. The van der Waals surface area contributed by atoms with Crippen molar-refractivity contribution in [1.82, 2.24) is 10.2 Å². The Kier molecular flexibility index (Phi) is 4.01. The van der Waals surface area contributed by atoms with E-state index < -0.39 is 12.5 Å². The standard InChI is InChI=1S/C12H13N3O2S/c1-8-2-4-9(5-3-8)6-11-14-15-12(18-11)13-10(17)7-16/h2-5,16H,6-7H2,1H3,(H,13,15,17). The molecule has 1 aromatic heterocycles. The van der Waals surface area contributed by atoms with Gasteiger partial charge in [-0.05, 0) is 12.5 Å². The fourth-order valence-corrected chi connectivity index (χ4v) is 2.21. The Hall–Kier alpha value is -1.79. The molecule has 0 unspecified atom stereocenters. The summed E-state index contributed by atoms with van der Waals surface area (Å²) in [6.07, 6.45) is 0.687. The van der Waals surface area contributed by atoms with Crippen LogP contribution in [0.5, 0.6) is 0 Å². The number of aliphatic hydroxyl groups excluding tert-OH is 1. The molecule has 0 saturated carbocycles. The maximum Gasteiger partial charge on any atom is 0.251 e. The highest BCUT2D eigenvalue weighted by molar-refractivity contribution is 7.15. The van der Waals surface area contributed by atoms with Crippen molar-refractivity contribution in [3.05, 3.63) is 40.4 Å². The largest absolute Gasteiger partial charge is 0.387 e. The molecule has 0 aliphatic heterocycles. The fourth-order valence-electron chi connectivity index (χ4n) is 1.41. The zero-order chi connectivity index (χ0) is 13.0. The quantitative estimate of drug-likeness (QED) is 0.873. The molecule has 1 aromatic carbocycles. The minimum atomic E-state index is -0.549. The van der Waals surface area contributed by atoms with Crippen LogP contribution in [0.25, 0.3) is 0 Å². The van der Waals surface area contributed by atoms with Gasteiger partial charge < -0.3 is 5.11 Å². The summed E-state index contributed by atoms with van der Waals surface area (Å²) in [5.74, 6) is -0.479.